The number of nitrogens with zero attached hydrogens (tertiary/aromatic N) is 3. The van der Waals surface area contributed by atoms with Gasteiger partial charge < -0.3 is 5.32 Å². The Morgan fingerprint density at radius 1 is 1.20 bits per heavy atom. The van der Waals surface area contributed by atoms with Crippen LogP contribution in [0.5, 0.6) is 0 Å². The van der Waals surface area contributed by atoms with Crippen LogP contribution in [0.15, 0.2) is 30.5 Å². The second-order valence-corrected chi connectivity index (χ2v) is 5.48. The summed E-state index contributed by atoms with van der Waals surface area (Å²) in [6.07, 6.45) is 3.15. The molecular formula is C16H24N4. The number of nitrogens with one attached hydrogen (secondary N) is 1. The Hall–Kier alpha value is -1.68. The maximum Gasteiger partial charge on any atom is 0.0964 e. The zero-order valence-electron chi connectivity index (χ0n) is 12.6. The molecule has 20 heavy (non-hydrogen) atoms. The summed E-state index contributed by atoms with van der Waals surface area (Å²) in [7, 11) is 0. The Labute approximate surface area is 121 Å². The third-order valence-corrected chi connectivity index (χ3v) is 3.31. The van der Waals surface area contributed by atoms with Gasteiger partial charge in [-0.05, 0) is 30.0 Å². The van der Waals surface area contributed by atoms with E-state index in [2.05, 4.69) is 60.7 Å². The van der Waals surface area contributed by atoms with Crippen LogP contribution < -0.4 is 5.32 Å². The van der Waals surface area contributed by atoms with E-state index >= 15 is 0 Å². The van der Waals surface area contributed by atoms with Crippen LogP contribution in [0, 0.1) is 0 Å². The highest BCUT2D eigenvalue weighted by Crippen LogP contribution is 2.15. The van der Waals surface area contributed by atoms with Gasteiger partial charge in [0.05, 0.1) is 18.4 Å². The molecule has 2 rings (SSSR count). The molecule has 0 bridgehead atoms. The van der Waals surface area contributed by atoms with E-state index in [0.29, 0.717) is 5.92 Å². The fraction of sp³-hybridized carbons (Fsp3) is 0.500. The molecule has 108 valence electrons. The van der Waals surface area contributed by atoms with Crippen LogP contribution >= 0.6 is 0 Å². The average molecular weight is 272 g/mol. The Bertz CT molecular complexity index is 514. The van der Waals surface area contributed by atoms with Crippen molar-refractivity contribution in [3.05, 3.63) is 47.3 Å². The Balaban J connectivity index is 1.92. The lowest BCUT2D eigenvalue weighted by molar-refractivity contribution is 0.645. The first-order valence-electron chi connectivity index (χ1n) is 7.37. The molecule has 0 radical (unpaired) electrons. The number of rotatable bonds is 7. The first-order chi connectivity index (χ1) is 9.69. The molecular weight excluding hydrogens is 248 g/mol. The van der Waals surface area contributed by atoms with E-state index in [9.17, 15) is 0 Å². The molecule has 4 heteroatoms. The molecule has 0 saturated heterocycles. The number of hydrogen-bond donors (Lipinski definition) is 1. The second-order valence-electron chi connectivity index (χ2n) is 5.48. The molecule has 1 aromatic carbocycles. The summed E-state index contributed by atoms with van der Waals surface area (Å²) < 4.78 is 1.90. The predicted molar refractivity (Wildman–Crippen MR) is 81.7 cm³/mol. The number of benzene rings is 1. The third-order valence-electron chi connectivity index (χ3n) is 3.31. The van der Waals surface area contributed by atoms with Crippen molar-refractivity contribution in [3.8, 4) is 0 Å². The van der Waals surface area contributed by atoms with E-state index in [1.54, 1.807) is 0 Å². The maximum absolute atomic E-state index is 4.18. The molecule has 0 aliphatic rings. The lowest BCUT2D eigenvalue weighted by Crippen LogP contribution is -2.13. The van der Waals surface area contributed by atoms with Gasteiger partial charge in [-0.25, -0.2) is 4.68 Å². The Kier molecular flexibility index (Phi) is 5.30. The van der Waals surface area contributed by atoms with Crippen molar-refractivity contribution in [2.75, 3.05) is 6.54 Å². The molecule has 0 aliphatic carbocycles. The molecule has 2 aromatic rings. The standard InChI is InChI=1S/C16H24N4/c1-4-9-17-10-16-12-20(19-18-16)11-14-5-7-15(8-6-14)13(2)3/h5-8,12-13,17H,4,9-11H2,1-3H3. The minimum absolute atomic E-state index is 0.576. The van der Waals surface area contributed by atoms with Gasteiger partial charge in [-0.3, -0.25) is 0 Å². The molecule has 1 heterocycles. The zero-order chi connectivity index (χ0) is 14.4. The van der Waals surface area contributed by atoms with Crippen LogP contribution in [0.3, 0.4) is 0 Å². The highest BCUT2D eigenvalue weighted by Gasteiger charge is 2.03. The van der Waals surface area contributed by atoms with Crippen molar-refractivity contribution in [2.45, 2.75) is 46.2 Å². The zero-order valence-corrected chi connectivity index (χ0v) is 12.6. The van der Waals surface area contributed by atoms with Gasteiger partial charge in [-0.1, -0.05) is 50.3 Å². The molecule has 4 nitrogen and oxygen atoms in total. The molecule has 0 atom stereocenters. The molecule has 0 unspecified atom stereocenters. The van der Waals surface area contributed by atoms with Crippen molar-refractivity contribution in [2.24, 2.45) is 0 Å². The lowest BCUT2D eigenvalue weighted by Gasteiger charge is -2.06. The third kappa shape index (κ3) is 4.17. The first kappa shape index (κ1) is 14.7. The van der Waals surface area contributed by atoms with Crippen molar-refractivity contribution in [3.63, 3.8) is 0 Å². The van der Waals surface area contributed by atoms with Gasteiger partial charge in [0.25, 0.3) is 0 Å². The average Bonchev–Trinajstić information content (AvgIpc) is 2.87. The molecule has 0 fully saturated rings. The van der Waals surface area contributed by atoms with E-state index in [-0.39, 0.29) is 0 Å². The normalized spacial score (nSPS) is 11.2. The summed E-state index contributed by atoms with van der Waals surface area (Å²) in [6, 6.07) is 8.74. The van der Waals surface area contributed by atoms with Gasteiger partial charge in [0.2, 0.25) is 0 Å². The molecule has 0 saturated carbocycles. The van der Waals surface area contributed by atoms with E-state index in [4.69, 9.17) is 0 Å². The van der Waals surface area contributed by atoms with Gasteiger partial charge in [0, 0.05) is 6.54 Å². The highest BCUT2D eigenvalue weighted by atomic mass is 15.4. The fourth-order valence-electron chi connectivity index (χ4n) is 2.09. The second kappa shape index (κ2) is 7.20. The largest absolute Gasteiger partial charge is 0.311 e. The number of hydrogen-bond acceptors (Lipinski definition) is 3. The van der Waals surface area contributed by atoms with Gasteiger partial charge in [-0.2, -0.15) is 0 Å². The predicted octanol–water partition coefficient (Wildman–Crippen LogP) is 2.95. The van der Waals surface area contributed by atoms with Crippen LogP contribution in [0.4, 0.5) is 0 Å². The van der Waals surface area contributed by atoms with Crippen LogP contribution in [0.2, 0.25) is 0 Å². The topological polar surface area (TPSA) is 42.7 Å². The van der Waals surface area contributed by atoms with Gasteiger partial charge in [0.1, 0.15) is 0 Å². The maximum atomic E-state index is 4.18. The first-order valence-corrected chi connectivity index (χ1v) is 7.37. The van der Waals surface area contributed by atoms with Gasteiger partial charge >= 0.3 is 0 Å². The Morgan fingerprint density at radius 3 is 2.60 bits per heavy atom. The van der Waals surface area contributed by atoms with E-state index in [1.165, 1.54) is 11.1 Å². The quantitative estimate of drug-likeness (QED) is 0.788. The molecule has 1 aromatic heterocycles. The van der Waals surface area contributed by atoms with Crippen molar-refractivity contribution in [1.82, 2.24) is 20.3 Å². The number of aromatic nitrogens is 3. The van der Waals surface area contributed by atoms with Crippen LogP contribution in [0.25, 0.3) is 0 Å². The summed E-state index contributed by atoms with van der Waals surface area (Å²) >= 11 is 0. The minimum Gasteiger partial charge on any atom is -0.311 e. The highest BCUT2D eigenvalue weighted by molar-refractivity contribution is 5.24. The van der Waals surface area contributed by atoms with E-state index < -0.39 is 0 Å². The Morgan fingerprint density at radius 2 is 1.95 bits per heavy atom. The summed E-state index contributed by atoms with van der Waals surface area (Å²) in [5, 5.41) is 11.7. The van der Waals surface area contributed by atoms with Crippen LogP contribution in [-0.2, 0) is 13.1 Å². The SMILES string of the molecule is CCCNCc1cn(Cc2ccc(C(C)C)cc2)nn1. The van der Waals surface area contributed by atoms with Gasteiger partial charge in [0.15, 0.2) is 0 Å². The summed E-state index contributed by atoms with van der Waals surface area (Å²) in [6.45, 7) is 9.16. The van der Waals surface area contributed by atoms with Crippen molar-refractivity contribution >= 4 is 0 Å². The molecule has 1 N–H and O–H groups in total. The summed E-state index contributed by atoms with van der Waals surface area (Å²) in [4.78, 5) is 0. The van der Waals surface area contributed by atoms with Crippen molar-refractivity contribution < 1.29 is 0 Å². The monoisotopic (exact) mass is 272 g/mol. The fourth-order valence-corrected chi connectivity index (χ4v) is 2.09. The lowest BCUT2D eigenvalue weighted by atomic mass is 10.0. The van der Waals surface area contributed by atoms with Crippen LogP contribution in [-0.4, -0.2) is 21.5 Å². The minimum atomic E-state index is 0.576. The summed E-state index contributed by atoms with van der Waals surface area (Å²) in [5.74, 6) is 0.576. The molecule has 0 amide bonds. The van der Waals surface area contributed by atoms with Crippen molar-refractivity contribution in [1.29, 1.82) is 0 Å². The van der Waals surface area contributed by atoms with E-state index in [0.717, 1.165) is 31.7 Å². The summed E-state index contributed by atoms with van der Waals surface area (Å²) in [5.41, 5.74) is 3.63. The smallest absolute Gasteiger partial charge is 0.0964 e. The molecule has 0 spiro atoms. The van der Waals surface area contributed by atoms with Crippen LogP contribution in [0.1, 0.15) is 49.9 Å². The van der Waals surface area contributed by atoms with Gasteiger partial charge in [-0.15, -0.1) is 5.10 Å². The molecule has 0 aliphatic heterocycles. The van der Waals surface area contributed by atoms with E-state index in [1.807, 2.05) is 10.9 Å².